The first-order chi connectivity index (χ1) is 16.2. The SMILES string of the molecule is CNS(=O)(=O)c1ccc(S(=O)(=O)NC(=O)Cc2c(C(C)C)cc(C#N)c(F)c2C(C)C)c(OC)c1. The number of nitrogens with one attached hydrogen (secondary N) is 2. The minimum Gasteiger partial charge on any atom is -0.495 e. The van der Waals surface area contributed by atoms with Crippen molar-refractivity contribution in [1.29, 1.82) is 5.26 Å². The first-order valence-electron chi connectivity index (χ1n) is 10.6. The summed E-state index contributed by atoms with van der Waals surface area (Å²) >= 11 is 0. The molecular formula is C23H28FN3O6S2. The number of amides is 1. The Balaban J connectivity index is 2.50. The third kappa shape index (κ3) is 5.98. The second-order valence-electron chi connectivity index (χ2n) is 8.37. The number of nitrogens with zero attached hydrogens (tertiary/aromatic N) is 1. The lowest BCUT2D eigenvalue weighted by molar-refractivity contribution is -0.118. The maximum atomic E-state index is 15.0. The van der Waals surface area contributed by atoms with E-state index in [1.54, 1.807) is 13.8 Å². The van der Waals surface area contributed by atoms with Gasteiger partial charge in [-0.25, -0.2) is 30.7 Å². The summed E-state index contributed by atoms with van der Waals surface area (Å²) in [7, 11) is -5.96. The molecule has 35 heavy (non-hydrogen) atoms. The van der Waals surface area contributed by atoms with E-state index in [-0.39, 0.29) is 33.6 Å². The average Bonchev–Trinajstić information content (AvgIpc) is 2.77. The van der Waals surface area contributed by atoms with Crippen LogP contribution in [-0.4, -0.2) is 36.9 Å². The van der Waals surface area contributed by atoms with Crippen molar-refractivity contribution in [3.63, 3.8) is 0 Å². The summed E-state index contributed by atoms with van der Waals surface area (Å²) in [5, 5.41) is 9.32. The minimum absolute atomic E-state index is 0.143. The van der Waals surface area contributed by atoms with Crippen LogP contribution in [0.3, 0.4) is 0 Å². The van der Waals surface area contributed by atoms with Gasteiger partial charge in [-0.2, -0.15) is 5.26 Å². The molecule has 1 amide bonds. The molecule has 0 aliphatic carbocycles. The molecule has 0 aromatic heterocycles. The molecule has 2 N–H and O–H groups in total. The van der Waals surface area contributed by atoms with Crippen LogP contribution in [0.4, 0.5) is 4.39 Å². The largest absolute Gasteiger partial charge is 0.495 e. The zero-order valence-electron chi connectivity index (χ0n) is 20.3. The van der Waals surface area contributed by atoms with Gasteiger partial charge in [0.25, 0.3) is 10.0 Å². The van der Waals surface area contributed by atoms with E-state index in [2.05, 4.69) is 4.72 Å². The van der Waals surface area contributed by atoms with Crippen LogP contribution >= 0.6 is 0 Å². The van der Waals surface area contributed by atoms with Gasteiger partial charge in [0.05, 0.1) is 24.0 Å². The van der Waals surface area contributed by atoms with Crippen molar-refractivity contribution >= 4 is 26.0 Å². The Labute approximate surface area is 205 Å². The lowest BCUT2D eigenvalue weighted by Crippen LogP contribution is -2.33. The zero-order chi connectivity index (χ0) is 26.7. The molecule has 0 bridgehead atoms. The summed E-state index contributed by atoms with van der Waals surface area (Å²) in [6, 6.07) is 6.31. The lowest BCUT2D eigenvalue weighted by Gasteiger charge is -2.21. The topological polar surface area (TPSA) is 142 Å². The van der Waals surface area contributed by atoms with Crippen molar-refractivity contribution in [2.45, 2.75) is 55.7 Å². The van der Waals surface area contributed by atoms with E-state index in [0.717, 1.165) is 25.3 Å². The number of rotatable bonds is 9. The summed E-state index contributed by atoms with van der Waals surface area (Å²) in [6.07, 6.45) is -0.447. The second-order valence-corrected chi connectivity index (χ2v) is 11.9. The average molecular weight is 526 g/mol. The fraction of sp³-hybridized carbons (Fsp3) is 0.391. The molecule has 190 valence electrons. The number of benzene rings is 2. The van der Waals surface area contributed by atoms with E-state index in [9.17, 15) is 31.3 Å². The molecule has 9 nitrogen and oxygen atoms in total. The lowest BCUT2D eigenvalue weighted by atomic mass is 9.85. The number of methoxy groups -OCH3 is 1. The molecular weight excluding hydrogens is 497 g/mol. The minimum atomic E-state index is -4.47. The molecule has 2 aromatic rings. The van der Waals surface area contributed by atoms with Gasteiger partial charge in [-0.05, 0) is 53.8 Å². The van der Waals surface area contributed by atoms with Gasteiger partial charge in [0.15, 0.2) is 0 Å². The van der Waals surface area contributed by atoms with Gasteiger partial charge in [-0.15, -0.1) is 0 Å². The highest BCUT2D eigenvalue weighted by Gasteiger charge is 2.27. The maximum absolute atomic E-state index is 15.0. The third-order valence-corrected chi connectivity index (χ3v) is 8.18. The predicted molar refractivity (Wildman–Crippen MR) is 128 cm³/mol. The quantitative estimate of drug-likeness (QED) is 0.512. The van der Waals surface area contributed by atoms with Gasteiger partial charge in [-0.1, -0.05) is 27.7 Å². The maximum Gasteiger partial charge on any atom is 0.267 e. The number of hydrogen-bond donors (Lipinski definition) is 2. The molecule has 12 heteroatoms. The molecule has 2 rings (SSSR count). The van der Waals surface area contributed by atoms with Crippen LogP contribution in [0.15, 0.2) is 34.1 Å². The summed E-state index contributed by atoms with van der Waals surface area (Å²) in [5.41, 5.74) is 0.926. The Bertz CT molecular complexity index is 1400. The fourth-order valence-corrected chi connectivity index (χ4v) is 5.57. The van der Waals surface area contributed by atoms with Crippen molar-refractivity contribution in [1.82, 2.24) is 9.44 Å². The number of sulfonamides is 2. The van der Waals surface area contributed by atoms with Crippen molar-refractivity contribution in [2.75, 3.05) is 14.2 Å². The van der Waals surface area contributed by atoms with Crippen molar-refractivity contribution in [3.05, 3.63) is 52.3 Å². The number of carbonyl (C=O) groups is 1. The normalized spacial score (nSPS) is 12.0. The van der Waals surface area contributed by atoms with Crippen LogP contribution in [0, 0.1) is 17.1 Å². The van der Waals surface area contributed by atoms with E-state index in [4.69, 9.17) is 4.74 Å². The first-order valence-corrected chi connectivity index (χ1v) is 13.6. The Morgan fingerprint density at radius 2 is 1.71 bits per heavy atom. The molecule has 0 radical (unpaired) electrons. The van der Waals surface area contributed by atoms with Crippen LogP contribution in [0.2, 0.25) is 0 Å². The second kappa shape index (κ2) is 10.7. The molecule has 0 unspecified atom stereocenters. The summed E-state index contributed by atoms with van der Waals surface area (Å²) in [5.74, 6) is -2.48. The molecule has 0 aliphatic heterocycles. The number of ether oxygens (including phenoxy) is 1. The smallest absolute Gasteiger partial charge is 0.267 e. The van der Waals surface area contributed by atoms with E-state index < -0.39 is 43.1 Å². The number of halogens is 1. The van der Waals surface area contributed by atoms with Crippen LogP contribution in [0.5, 0.6) is 5.75 Å². The van der Waals surface area contributed by atoms with Gasteiger partial charge in [0.1, 0.15) is 22.5 Å². The Hall–Kier alpha value is -3.01. The van der Waals surface area contributed by atoms with Gasteiger partial charge in [0.2, 0.25) is 15.9 Å². The van der Waals surface area contributed by atoms with Crippen LogP contribution in [0.1, 0.15) is 61.8 Å². The molecule has 0 fully saturated rings. The van der Waals surface area contributed by atoms with E-state index in [0.29, 0.717) is 11.1 Å². The molecule has 0 atom stereocenters. The zero-order valence-corrected chi connectivity index (χ0v) is 21.9. The standard InChI is InChI=1S/C23H28FN3O6S2/c1-13(2)17-9-15(12-25)23(24)22(14(3)4)18(17)11-21(28)27-35(31,32)20-8-7-16(10-19(20)33-6)34(29,30)26-5/h7-10,13-14,26H,11H2,1-6H3,(H,27,28). The number of nitriles is 1. The van der Waals surface area contributed by atoms with Gasteiger partial charge >= 0.3 is 0 Å². The monoisotopic (exact) mass is 525 g/mol. The van der Waals surface area contributed by atoms with Crippen molar-refractivity contribution < 1.29 is 30.8 Å². The van der Waals surface area contributed by atoms with Gasteiger partial charge in [-0.3, -0.25) is 4.79 Å². The van der Waals surface area contributed by atoms with Crippen molar-refractivity contribution in [2.24, 2.45) is 0 Å². The highest BCUT2D eigenvalue weighted by Crippen LogP contribution is 2.33. The molecule has 0 aliphatic rings. The van der Waals surface area contributed by atoms with E-state index in [1.807, 2.05) is 24.6 Å². The first kappa shape index (κ1) is 28.2. The summed E-state index contributed by atoms with van der Waals surface area (Å²) in [4.78, 5) is 12.2. The van der Waals surface area contributed by atoms with Crippen LogP contribution in [-0.2, 0) is 31.3 Å². The summed E-state index contributed by atoms with van der Waals surface area (Å²) in [6.45, 7) is 7.07. The van der Waals surface area contributed by atoms with E-state index in [1.165, 1.54) is 13.1 Å². The Morgan fingerprint density at radius 3 is 2.20 bits per heavy atom. The van der Waals surface area contributed by atoms with Gasteiger partial charge in [0, 0.05) is 6.07 Å². The van der Waals surface area contributed by atoms with Crippen LogP contribution in [0.25, 0.3) is 0 Å². The van der Waals surface area contributed by atoms with E-state index >= 15 is 0 Å². The molecule has 0 saturated heterocycles. The van der Waals surface area contributed by atoms with Gasteiger partial charge < -0.3 is 4.74 Å². The highest BCUT2D eigenvalue weighted by atomic mass is 32.2. The predicted octanol–water partition coefficient (Wildman–Crippen LogP) is 2.91. The fourth-order valence-electron chi connectivity index (χ4n) is 3.69. The van der Waals surface area contributed by atoms with Crippen molar-refractivity contribution in [3.8, 4) is 11.8 Å². The number of hydrogen-bond acceptors (Lipinski definition) is 7. The van der Waals surface area contributed by atoms with Crippen LogP contribution < -0.4 is 14.2 Å². The molecule has 0 heterocycles. The number of carbonyl (C=O) groups excluding carboxylic acids is 1. The molecule has 0 spiro atoms. The third-order valence-electron chi connectivity index (χ3n) is 5.36. The summed E-state index contributed by atoms with van der Waals surface area (Å²) < 4.78 is 74.1. The molecule has 0 saturated carbocycles. The highest BCUT2D eigenvalue weighted by molar-refractivity contribution is 7.90. The molecule has 2 aromatic carbocycles. The Morgan fingerprint density at radius 1 is 1.09 bits per heavy atom. The Kier molecular flexibility index (Phi) is 8.65.